The summed E-state index contributed by atoms with van der Waals surface area (Å²) in [4.78, 5) is 23.8. The first-order valence-electron chi connectivity index (χ1n) is 6.69. The van der Waals surface area contributed by atoms with Crippen molar-refractivity contribution in [1.82, 2.24) is 10.6 Å². The minimum atomic E-state index is -0.927. The van der Waals surface area contributed by atoms with Gasteiger partial charge >= 0.3 is 12.0 Å². The Balaban J connectivity index is 2.41. The van der Waals surface area contributed by atoms with Crippen LogP contribution < -0.4 is 10.6 Å². The van der Waals surface area contributed by atoms with Gasteiger partial charge in [-0.25, -0.2) is 4.79 Å². The van der Waals surface area contributed by atoms with Gasteiger partial charge in [-0.05, 0) is 24.0 Å². The average molecular weight is 333 g/mol. The minimum Gasteiger partial charge on any atom is -0.481 e. The molecule has 0 saturated carbocycles. The molecule has 0 bridgehead atoms. The molecule has 118 valence electrons. The van der Waals surface area contributed by atoms with E-state index in [1.807, 2.05) is 32.9 Å². The number of amides is 2. The van der Waals surface area contributed by atoms with Crippen LogP contribution >= 0.6 is 22.9 Å². The maximum absolute atomic E-state index is 11.8. The molecule has 1 aromatic rings. The average Bonchev–Trinajstić information content (AvgIpc) is 2.72. The Kier molecular flexibility index (Phi) is 6.48. The van der Waals surface area contributed by atoms with E-state index in [9.17, 15) is 9.59 Å². The Labute approximate surface area is 133 Å². The molecule has 0 aromatic carbocycles. The number of urea groups is 1. The van der Waals surface area contributed by atoms with Crippen LogP contribution in [0.5, 0.6) is 0 Å². The molecule has 5 nitrogen and oxygen atoms in total. The van der Waals surface area contributed by atoms with E-state index < -0.39 is 12.0 Å². The third kappa shape index (κ3) is 6.82. The molecule has 0 saturated heterocycles. The highest BCUT2D eigenvalue weighted by Gasteiger charge is 2.28. The summed E-state index contributed by atoms with van der Waals surface area (Å²) in [5.74, 6) is -0.927. The van der Waals surface area contributed by atoms with E-state index in [1.165, 1.54) is 11.3 Å². The second-order valence-electron chi connectivity index (χ2n) is 5.87. The summed E-state index contributed by atoms with van der Waals surface area (Å²) in [7, 11) is 0. The van der Waals surface area contributed by atoms with Crippen molar-refractivity contribution in [2.75, 3.05) is 6.54 Å². The van der Waals surface area contributed by atoms with Crippen LogP contribution in [-0.2, 0) is 11.2 Å². The van der Waals surface area contributed by atoms with E-state index in [0.717, 1.165) is 9.21 Å². The Morgan fingerprint density at radius 3 is 2.52 bits per heavy atom. The minimum absolute atomic E-state index is 0.0997. The lowest BCUT2D eigenvalue weighted by Crippen LogP contribution is -2.49. The molecule has 21 heavy (non-hydrogen) atoms. The van der Waals surface area contributed by atoms with Crippen LogP contribution in [0.15, 0.2) is 12.1 Å². The zero-order valence-corrected chi connectivity index (χ0v) is 14.0. The van der Waals surface area contributed by atoms with Gasteiger partial charge < -0.3 is 15.7 Å². The van der Waals surface area contributed by atoms with Gasteiger partial charge in [-0.1, -0.05) is 32.4 Å². The van der Waals surface area contributed by atoms with E-state index in [4.69, 9.17) is 16.7 Å². The first kappa shape index (κ1) is 17.8. The highest BCUT2D eigenvalue weighted by molar-refractivity contribution is 7.16. The first-order valence-corrected chi connectivity index (χ1v) is 7.88. The molecule has 0 fully saturated rings. The summed E-state index contributed by atoms with van der Waals surface area (Å²) in [6.45, 7) is 6.17. The Morgan fingerprint density at radius 1 is 1.38 bits per heavy atom. The van der Waals surface area contributed by atoms with Gasteiger partial charge in [0.15, 0.2) is 0 Å². The van der Waals surface area contributed by atoms with Crippen LogP contribution in [0.3, 0.4) is 0 Å². The molecule has 1 heterocycles. The number of hydrogen-bond donors (Lipinski definition) is 3. The molecule has 0 aliphatic carbocycles. The van der Waals surface area contributed by atoms with Crippen molar-refractivity contribution in [2.24, 2.45) is 5.41 Å². The SMILES string of the molecule is CC(C)(C)C(CC(=O)O)NC(=O)NCCc1ccc(Cl)s1. The number of carbonyl (C=O) groups excluding carboxylic acids is 1. The summed E-state index contributed by atoms with van der Waals surface area (Å²) < 4.78 is 0.726. The standard InChI is InChI=1S/C14H21ClN2O3S/c1-14(2,3)10(8-12(18)19)17-13(20)16-7-6-9-4-5-11(15)21-9/h4-5,10H,6-8H2,1-3H3,(H,18,19)(H2,16,17,20). The van der Waals surface area contributed by atoms with Crippen LogP contribution in [-0.4, -0.2) is 29.7 Å². The zero-order valence-electron chi connectivity index (χ0n) is 12.4. The number of carboxylic acids is 1. The van der Waals surface area contributed by atoms with E-state index in [1.54, 1.807) is 0 Å². The lowest BCUT2D eigenvalue weighted by atomic mass is 9.85. The smallest absolute Gasteiger partial charge is 0.315 e. The van der Waals surface area contributed by atoms with E-state index in [2.05, 4.69) is 10.6 Å². The van der Waals surface area contributed by atoms with Crippen LogP contribution in [0.25, 0.3) is 0 Å². The van der Waals surface area contributed by atoms with Crippen molar-refractivity contribution in [3.8, 4) is 0 Å². The van der Waals surface area contributed by atoms with Crippen LogP contribution in [0.4, 0.5) is 4.79 Å². The molecule has 1 unspecified atom stereocenters. The summed E-state index contributed by atoms with van der Waals surface area (Å²) in [5, 5.41) is 14.4. The molecule has 3 N–H and O–H groups in total. The summed E-state index contributed by atoms with van der Waals surface area (Å²) in [6.07, 6.45) is 0.599. The number of halogens is 1. The van der Waals surface area contributed by atoms with Crippen molar-refractivity contribution in [2.45, 2.75) is 39.7 Å². The third-order valence-electron chi connectivity index (χ3n) is 3.02. The quantitative estimate of drug-likeness (QED) is 0.748. The molecule has 1 atom stereocenters. The van der Waals surface area contributed by atoms with Gasteiger partial charge in [-0.2, -0.15) is 0 Å². The van der Waals surface area contributed by atoms with Gasteiger partial charge in [0.2, 0.25) is 0 Å². The Hall–Kier alpha value is -1.27. The van der Waals surface area contributed by atoms with Gasteiger partial charge in [-0.3, -0.25) is 4.79 Å². The van der Waals surface area contributed by atoms with Crippen molar-refractivity contribution >= 4 is 34.9 Å². The van der Waals surface area contributed by atoms with Crippen LogP contribution in [0.2, 0.25) is 4.34 Å². The highest BCUT2D eigenvalue weighted by atomic mass is 35.5. The van der Waals surface area contributed by atoms with E-state index in [0.29, 0.717) is 13.0 Å². The largest absolute Gasteiger partial charge is 0.481 e. The molecule has 0 radical (unpaired) electrons. The molecule has 1 rings (SSSR count). The summed E-state index contributed by atoms with van der Waals surface area (Å²) >= 11 is 7.31. The highest BCUT2D eigenvalue weighted by Crippen LogP contribution is 2.22. The molecule has 1 aromatic heterocycles. The zero-order chi connectivity index (χ0) is 16.0. The van der Waals surface area contributed by atoms with E-state index >= 15 is 0 Å². The number of rotatable bonds is 6. The topological polar surface area (TPSA) is 78.4 Å². The normalized spacial score (nSPS) is 12.8. The molecule has 2 amide bonds. The van der Waals surface area contributed by atoms with Crippen molar-refractivity contribution < 1.29 is 14.7 Å². The van der Waals surface area contributed by atoms with Crippen molar-refractivity contribution in [3.63, 3.8) is 0 Å². The molecule has 0 aliphatic heterocycles. The molecule has 7 heteroatoms. The third-order valence-corrected chi connectivity index (χ3v) is 4.31. The van der Waals surface area contributed by atoms with Gasteiger partial charge in [0, 0.05) is 17.5 Å². The van der Waals surface area contributed by atoms with E-state index in [-0.39, 0.29) is 17.9 Å². The van der Waals surface area contributed by atoms with Crippen LogP contribution in [0.1, 0.15) is 32.1 Å². The second-order valence-corrected chi connectivity index (χ2v) is 7.67. The first-order chi connectivity index (χ1) is 9.68. The Bertz CT molecular complexity index is 497. The van der Waals surface area contributed by atoms with Gasteiger partial charge in [0.05, 0.1) is 10.8 Å². The molecule has 0 spiro atoms. The fourth-order valence-corrected chi connectivity index (χ4v) is 2.83. The van der Waals surface area contributed by atoms with Gasteiger partial charge in [0.25, 0.3) is 0 Å². The van der Waals surface area contributed by atoms with Crippen molar-refractivity contribution in [1.29, 1.82) is 0 Å². The van der Waals surface area contributed by atoms with Crippen molar-refractivity contribution in [3.05, 3.63) is 21.3 Å². The predicted molar refractivity (Wildman–Crippen MR) is 85.1 cm³/mol. The van der Waals surface area contributed by atoms with Gasteiger partial charge in [-0.15, -0.1) is 11.3 Å². The number of carboxylic acid groups (broad SMARTS) is 1. The lowest BCUT2D eigenvalue weighted by Gasteiger charge is -2.30. The predicted octanol–water partition coefficient (Wildman–Crippen LogP) is 3.13. The fourth-order valence-electron chi connectivity index (χ4n) is 1.74. The molecule has 0 aliphatic rings. The number of aliphatic carboxylic acids is 1. The molecular formula is C14H21ClN2O3S. The number of nitrogens with one attached hydrogen (secondary N) is 2. The number of hydrogen-bond acceptors (Lipinski definition) is 3. The lowest BCUT2D eigenvalue weighted by molar-refractivity contribution is -0.138. The second kappa shape index (κ2) is 7.66. The maximum Gasteiger partial charge on any atom is 0.315 e. The molecular weight excluding hydrogens is 312 g/mol. The number of carbonyl (C=O) groups is 2. The summed E-state index contributed by atoms with van der Waals surface area (Å²) in [6, 6.07) is 2.98. The maximum atomic E-state index is 11.8. The van der Waals surface area contributed by atoms with Gasteiger partial charge in [0.1, 0.15) is 0 Å². The fraction of sp³-hybridized carbons (Fsp3) is 0.571. The number of thiophene rings is 1. The Morgan fingerprint density at radius 2 is 2.05 bits per heavy atom. The monoisotopic (exact) mass is 332 g/mol. The summed E-state index contributed by atoms with van der Waals surface area (Å²) in [5.41, 5.74) is -0.322. The van der Waals surface area contributed by atoms with Crippen LogP contribution in [0, 0.1) is 5.41 Å².